The van der Waals surface area contributed by atoms with Crippen molar-refractivity contribution in [3.63, 3.8) is 0 Å². The molecular formula is C22H23N3O6. The van der Waals surface area contributed by atoms with Crippen LogP contribution in [0.2, 0.25) is 0 Å². The van der Waals surface area contributed by atoms with E-state index in [1.54, 1.807) is 36.4 Å². The van der Waals surface area contributed by atoms with Crippen molar-refractivity contribution in [3.05, 3.63) is 58.6 Å². The van der Waals surface area contributed by atoms with Gasteiger partial charge < -0.3 is 29.6 Å². The molecule has 4 rings (SSSR count). The number of H-pyrrole nitrogens is 1. The second-order valence-corrected chi connectivity index (χ2v) is 7.17. The van der Waals surface area contributed by atoms with Crippen LogP contribution in [-0.4, -0.2) is 47.0 Å². The number of hydrogen-bond acceptors (Lipinski definition) is 7. The van der Waals surface area contributed by atoms with Crippen molar-refractivity contribution in [1.82, 2.24) is 15.3 Å². The van der Waals surface area contributed by atoms with Crippen molar-refractivity contribution in [2.24, 2.45) is 0 Å². The van der Waals surface area contributed by atoms with Gasteiger partial charge in [0.05, 0.1) is 10.9 Å². The molecule has 0 saturated carbocycles. The number of amides is 1. The van der Waals surface area contributed by atoms with Gasteiger partial charge in [0, 0.05) is 25.5 Å². The van der Waals surface area contributed by atoms with Gasteiger partial charge in [-0.3, -0.25) is 9.59 Å². The lowest BCUT2D eigenvalue weighted by atomic mass is 10.2. The molecule has 2 heterocycles. The third-order valence-corrected chi connectivity index (χ3v) is 4.80. The molecule has 1 amide bonds. The number of para-hydroxylation sites is 1. The van der Waals surface area contributed by atoms with Gasteiger partial charge in [0.25, 0.3) is 5.56 Å². The van der Waals surface area contributed by atoms with Crippen LogP contribution in [0.25, 0.3) is 10.9 Å². The first kappa shape index (κ1) is 20.7. The zero-order chi connectivity index (χ0) is 21.6. The van der Waals surface area contributed by atoms with Gasteiger partial charge in [0.2, 0.25) is 12.7 Å². The molecule has 0 bridgehead atoms. The van der Waals surface area contributed by atoms with Crippen LogP contribution < -0.4 is 25.1 Å². The molecule has 9 heteroatoms. The number of nitrogens with zero attached hydrogens (tertiary/aromatic N) is 1. The van der Waals surface area contributed by atoms with Gasteiger partial charge in [-0.15, -0.1) is 0 Å². The molecule has 1 unspecified atom stereocenters. The van der Waals surface area contributed by atoms with Gasteiger partial charge in [0.15, 0.2) is 11.5 Å². The summed E-state index contributed by atoms with van der Waals surface area (Å²) in [6, 6.07) is 12.3. The van der Waals surface area contributed by atoms with Crippen molar-refractivity contribution in [2.45, 2.75) is 25.4 Å². The highest BCUT2D eigenvalue weighted by Gasteiger charge is 2.15. The summed E-state index contributed by atoms with van der Waals surface area (Å²) in [5, 5.41) is 13.3. The number of aliphatic hydroxyl groups excluding tert-OH is 1. The Morgan fingerprint density at radius 2 is 2.06 bits per heavy atom. The monoisotopic (exact) mass is 425 g/mol. The Labute approximate surface area is 178 Å². The second kappa shape index (κ2) is 9.48. The Kier molecular flexibility index (Phi) is 6.32. The molecule has 162 valence electrons. The largest absolute Gasteiger partial charge is 0.491 e. The average molecular weight is 425 g/mol. The minimum Gasteiger partial charge on any atom is -0.491 e. The summed E-state index contributed by atoms with van der Waals surface area (Å²) in [4.78, 5) is 31.3. The summed E-state index contributed by atoms with van der Waals surface area (Å²) in [5.41, 5.74) is 0.451. The molecule has 9 nitrogen and oxygen atoms in total. The van der Waals surface area contributed by atoms with E-state index in [0.29, 0.717) is 46.8 Å². The molecule has 0 spiro atoms. The first-order valence-electron chi connectivity index (χ1n) is 10.0. The quantitative estimate of drug-likeness (QED) is 0.475. The number of carbonyl (C=O) groups excluding carboxylic acids is 1. The van der Waals surface area contributed by atoms with Crippen LogP contribution in [0, 0.1) is 0 Å². The standard InChI is InChI=1S/C22H23N3O6/c26-14(12-29-15-8-9-18-19(10-15)31-13-30-18)11-23-21(27)7-3-6-20-24-17-5-2-1-4-16(17)22(28)25-20/h1-2,4-5,8-10,14,26H,3,6-7,11-13H2,(H,23,27)(H,24,25,28). The maximum atomic E-state index is 12.1. The number of nitrogens with one attached hydrogen (secondary N) is 2. The molecule has 0 radical (unpaired) electrons. The summed E-state index contributed by atoms with van der Waals surface area (Å²) < 4.78 is 16.0. The van der Waals surface area contributed by atoms with Crippen LogP contribution >= 0.6 is 0 Å². The van der Waals surface area contributed by atoms with Crippen molar-refractivity contribution >= 4 is 16.8 Å². The Morgan fingerprint density at radius 1 is 1.23 bits per heavy atom. The summed E-state index contributed by atoms with van der Waals surface area (Å²) in [6.45, 7) is 0.289. The third-order valence-electron chi connectivity index (χ3n) is 4.80. The highest BCUT2D eigenvalue weighted by atomic mass is 16.7. The number of aryl methyl sites for hydroxylation is 1. The van der Waals surface area contributed by atoms with Crippen LogP contribution in [-0.2, 0) is 11.2 Å². The lowest BCUT2D eigenvalue weighted by molar-refractivity contribution is -0.121. The van der Waals surface area contributed by atoms with E-state index in [9.17, 15) is 14.7 Å². The first-order valence-corrected chi connectivity index (χ1v) is 10.0. The fourth-order valence-electron chi connectivity index (χ4n) is 3.21. The van der Waals surface area contributed by atoms with E-state index in [-0.39, 0.29) is 37.8 Å². The maximum Gasteiger partial charge on any atom is 0.258 e. The van der Waals surface area contributed by atoms with Gasteiger partial charge in [-0.05, 0) is 30.7 Å². The molecule has 1 aromatic heterocycles. The number of hydrogen-bond donors (Lipinski definition) is 3. The number of rotatable bonds is 9. The van der Waals surface area contributed by atoms with Crippen LogP contribution in [0.4, 0.5) is 0 Å². The second-order valence-electron chi connectivity index (χ2n) is 7.17. The molecule has 31 heavy (non-hydrogen) atoms. The van der Waals surface area contributed by atoms with E-state index in [0.717, 1.165) is 0 Å². The molecule has 1 atom stereocenters. The number of fused-ring (bicyclic) bond motifs is 2. The first-order chi connectivity index (χ1) is 15.1. The Bertz CT molecular complexity index is 1130. The zero-order valence-corrected chi connectivity index (χ0v) is 16.8. The summed E-state index contributed by atoms with van der Waals surface area (Å²) in [6.07, 6.45) is 0.403. The Hall–Kier alpha value is -3.59. The molecule has 1 aliphatic heterocycles. The van der Waals surface area contributed by atoms with E-state index in [4.69, 9.17) is 14.2 Å². The van der Waals surface area contributed by atoms with E-state index >= 15 is 0 Å². The van der Waals surface area contributed by atoms with Crippen LogP contribution in [0.15, 0.2) is 47.3 Å². The number of aromatic amines is 1. The highest BCUT2D eigenvalue weighted by molar-refractivity contribution is 5.77. The Morgan fingerprint density at radius 3 is 2.97 bits per heavy atom. The number of benzene rings is 2. The van der Waals surface area contributed by atoms with Gasteiger partial charge >= 0.3 is 0 Å². The number of ether oxygens (including phenoxy) is 3. The van der Waals surface area contributed by atoms with E-state index in [1.807, 2.05) is 6.07 Å². The van der Waals surface area contributed by atoms with E-state index < -0.39 is 6.10 Å². The smallest absolute Gasteiger partial charge is 0.258 e. The van der Waals surface area contributed by atoms with Gasteiger partial charge in [-0.1, -0.05) is 12.1 Å². The summed E-state index contributed by atoms with van der Waals surface area (Å²) in [5.74, 6) is 2.16. The predicted octanol–water partition coefficient (Wildman–Crippen LogP) is 1.53. The zero-order valence-electron chi connectivity index (χ0n) is 16.8. The van der Waals surface area contributed by atoms with Gasteiger partial charge in [0.1, 0.15) is 24.3 Å². The van der Waals surface area contributed by atoms with Gasteiger partial charge in [-0.2, -0.15) is 0 Å². The minimum absolute atomic E-state index is 0.0299. The maximum absolute atomic E-state index is 12.1. The van der Waals surface area contributed by atoms with Crippen molar-refractivity contribution in [3.8, 4) is 17.2 Å². The molecule has 3 N–H and O–H groups in total. The fraction of sp³-hybridized carbons (Fsp3) is 0.318. The van der Waals surface area contributed by atoms with Crippen molar-refractivity contribution < 1.29 is 24.1 Å². The number of aromatic nitrogens is 2. The summed E-state index contributed by atoms with van der Waals surface area (Å²) in [7, 11) is 0. The third kappa shape index (κ3) is 5.32. The molecule has 0 fully saturated rings. The topological polar surface area (TPSA) is 123 Å². The van der Waals surface area contributed by atoms with Crippen LogP contribution in [0.1, 0.15) is 18.7 Å². The fourth-order valence-corrected chi connectivity index (χ4v) is 3.21. The number of carbonyl (C=O) groups is 1. The van der Waals surface area contributed by atoms with E-state index in [1.165, 1.54) is 0 Å². The molecule has 0 saturated heterocycles. The van der Waals surface area contributed by atoms with Crippen molar-refractivity contribution in [2.75, 3.05) is 19.9 Å². The van der Waals surface area contributed by atoms with Crippen LogP contribution in [0.5, 0.6) is 17.2 Å². The molecular weight excluding hydrogens is 402 g/mol. The SMILES string of the molecule is O=C(CCCc1nc2ccccc2c(=O)[nH]1)NCC(O)COc1ccc2c(c1)OCO2. The molecule has 3 aromatic rings. The lowest BCUT2D eigenvalue weighted by Gasteiger charge is -2.13. The minimum atomic E-state index is -0.854. The number of aliphatic hydroxyl groups is 1. The molecule has 2 aromatic carbocycles. The van der Waals surface area contributed by atoms with Gasteiger partial charge in [-0.25, -0.2) is 4.98 Å². The van der Waals surface area contributed by atoms with Crippen molar-refractivity contribution in [1.29, 1.82) is 0 Å². The summed E-state index contributed by atoms with van der Waals surface area (Å²) >= 11 is 0. The Balaban J connectivity index is 1.17. The molecule has 1 aliphatic rings. The highest BCUT2D eigenvalue weighted by Crippen LogP contribution is 2.35. The predicted molar refractivity (Wildman–Crippen MR) is 112 cm³/mol. The van der Waals surface area contributed by atoms with Crippen LogP contribution in [0.3, 0.4) is 0 Å². The van der Waals surface area contributed by atoms with E-state index in [2.05, 4.69) is 15.3 Å². The normalized spacial score (nSPS) is 13.2. The molecule has 0 aliphatic carbocycles. The lowest BCUT2D eigenvalue weighted by Crippen LogP contribution is -2.35. The average Bonchev–Trinajstić information content (AvgIpc) is 3.24.